The van der Waals surface area contributed by atoms with Crippen molar-refractivity contribution >= 4 is 11.6 Å². The predicted molar refractivity (Wildman–Crippen MR) is 106 cm³/mol. The number of fused-ring (bicyclic) bond motifs is 1. The molecule has 29 heavy (non-hydrogen) atoms. The van der Waals surface area contributed by atoms with E-state index in [-0.39, 0.29) is 12.5 Å². The van der Waals surface area contributed by atoms with Gasteiger partial charge in [0.2, 0.25) is 5.89 Å². The van der Waals surface area contributed by atoms with E-state index in [2.05, 4.69) is 34.2 Å². The predicted octanol–water partition coefficient (Wildman–Crippen LogP) is 2.59. The van der Waals surface area contributed by atoms with Crippen LogP contribution in [0.4, 0.5) is 0 Å². The van der Waals surface area contributed by atoms with E-state index in [0.29, 0.717) is 34.7 Å². The molecule has 0 aliphatic rings. The van der Waals surface area contributed by atoms with Gasteiger partial charge in [-0.05, 0) is 30.2 Å². The van der Waals surface area contributed by atoms with Gasteiger partial charge in [0.25, 0.3) is 5.91 Å². The molecule has 4 heterocycles. The van der Waals surface area contributed by atoms with Crippen LogP contribution in [0.15, 0.2) is 41.2 Å². The lowest BCUT2D eigenvalue weighted by Crippen LogP contribution is -2.26. The molecule has 0 aliphatic carbocycles. The van der Waals surface area contributed by atoms with Gasteiger partial charge in [0.15, 0.2) is 17.3 Å². The highest BCUT2D eigenvalue weighted by molar-refractivity contribution is 5.94. The van der Waals surface area contributed by atoms with Crippen LogP contribution in [0.25, 0.3) is 17.2 Å². The third kappa shape index (κ3) is 3.75. The number of hydrogen-bond acceptors (Lipinski definition) is 6. The maximum Gasteiger partial charge on any atom is 0.255 e. The Morgan fingerprint density at radius 1 is 1.24 bits per heavy atom. The van der Waals surface area contributed by atoms with Crippen LogP contribution in [0.5, 0.6) is 0 Å². The Morgan fingerprint density at radius 2 is 2.07 bits per heavy atom. The van der Waals surface area contributed by atoms with Crippen LogP contribution in [-0.4, -0.2) is 47.2 Å². The molecule has 0 spiro atoms. The zero-order chi connectivity index (χ0) is 20.5. The van der Waals surface area contributed by atoms with E-state index < -0.39 is 0 Å². The van der Waals surface area contributed by atoms with Gasteiger partial charge in [-0.2, -0.15) is 4.98 Å². The van der Waals surface area contributed by atoms with Gasteiger partial charge in [-0.15, -0.1) is 10.2 Å². The van der Waals surface area contributed by atoms with E-state index in [9.17, 15) is 4.79 Å². The Morgan fingerprint density at radius 3 is 2.79 bits per heavy atom. The SMILES string of the molecule is CC(C)Cc1noc(CN(C)C(=O)c2ccc3nnc(-c4cccn4C)n3c2)n1. The van der Waals surface area contributed by atoms with Gasteiger partial charge >= 0.3 is 0 Å². The van der Waals surface area contributed by atoms with Gasteiger partial charge in [0.05, 0.1) is 17.8 Å². The second-order valence-electron chi connectivity index (χ2n) is 7.54. The molecule has 4 aromatic heterocycles. The fourth-order valence-corrected chi connectivity index (χ4v) is 3.18. The fourth-order valence-electron chi connectivity index (χ4n) is 3.18. The number of amides is 1. The molecule has 0 bridgehead atoms. The Hall–Kier alpha value is -3.49. The highest BCUT2D eigenvalue weighted by Crippen LogP contribution is 2.19. The lowest BCUT2D eigenvalue weighted by Gasteiger charge is -2.15. The van der Waals surface area contributed by atoms with E-state index in [0.717, 1.165) is 12.1 Å². The van der Waals surface area contributed by atoms with Gasteiger partial charge in [0, 0.05) is 32.9 Å². The number of aromatic nitrogens is 6. The molecular formula is C20H23N7O2. The second-order valence-corrected chi connectivity index (χ2v) is 7.54. The van der Waals surface area contributed by atoms with Crippen LogP contribution in [0.2, 0.25) is 0 Å². The van der Waals surface area contributed by atoms with E-state index in [4.69, 9.17) is 4.52 Å². The van der Waals surface area contributed by atoms with E-state index in [1.807, 2.05) is 34.3 Å². The van der Waals surface area contributed by atoms with Crippen molar-refractivity contribution in [2.75, 3.05) is 7.05 Å². The lowest BCUT2D eigenvalue weighted by atomic mass is 10.1. The van der Waals surface area contributed by atoms with Crippen molar-refractivity contribution in [3.8, 4) is 11.5 Å². The molecule has 150 valence electrons. The van der Waals surface area contributed by atoms with Crippen LogP contribution >= 0.6 is 0 Å². The summed E-state index contributed by atoms with van der Waals surface area (Å²) in [5, 5.41) is 12.4. The summed E-state index contributed by atoms with van der Waals surface area (Å²) in [6, 6.07) is 7.43. The van der Waals surface area contributed by atoms with E-state index in [1.54, 1.807) is 30.3 Å². The number of pyridine rings is 1. The molecule has 0 unspecified atom stereocenters. The summed E-state index contributed by atoms with van der Waals surface area (Å²) in [5.74, 6) is 2.05. The first kappa shape index (κ1) is 18.9. The molecule has 0 radical (unpaired) electrons. The summed E-state index contributed by atoms with van der Waals surface area (Å²) in [7, 11) is 3.65. The van der Waals surface area contributed by atoms with E-state index in [1.165, 1.54) is 0 Å². The number of aryl methyl sites for hydroxylation is 1. The smallest absolute Gasteiger partial charge is 0.255 e. The Kier molecular flexibility index (Phi) is 4.87. The van der Waals surface area contributed by atoms with Crippen LogP contribution in [-0.2, 0) is 20.0 Å². The average Bonchev–Trinajstić information content (AvgIpc) is 3.40. The normalized spacial score (nSPS) is 11.5. The first-order chi connectivity index (χ1) is 13.9. The number of rotatable bonds is 6. The van der Waals surface area contributed by atoms with Gasteiger partial charge in [-0.3, -0.25) is 9.20 Å². The molecule has 0 atom stereocenters. The fraction of sp³-hybridized carbons (Fsp3) is 0.350. The van der Waals surface area contributed by atoms with E-state index >= 15 is 0 Å². The first-order valence-electron chi connectivity index (χ1n) is 9.46. The molecule has 9 nitrogen and oxygen atoms in total. The van der Waals surface area contributed by atoms with Crippen molar-refractivity contribution in [3.05, 3.63) is 53.9 Å². The van der Waals surface area contributed by atoms with Gasteiger partial charge < -0.3 is 14.0 Å². The minimum absolute atomic E-state index is 0.151. The molecule has 0 N–H and O–H groups in total. The van der Waals surface area contributed by atoms with Crippen molar-refractivity contribution in [1.82, 2.24) is 34.2 Å². The van der Waals surface area contributed by atoms with Crippen molar-refractivity contribution in [2.24, 2.45) is 13.0 Å². The maximum absolute atomic E-state index is 12.9. The largest absolute Gasteiger partial charge is 0.348 e. The third-order valence-electron chi connectivity index (χ3n) is 4.64. The van der Waals surface area contributed by atoms with Gasteiger partial charge in [-0.25, -0.2) is 0 Å². The standard InChI is InChI=1S/C20H23N7O2/c1-13(2)10-16-21-18(29-24-16)12-26(4)20(28)14-7-8-17-22-23-19(27(17)11-14)15-6-5-9-25(15)3/h5-9,11,13H,10,12H2,1-4H3. The maximum atomic E-state index is 12.9. The number of hydrogen-bond donors (Lipinski definition) is 0. The second kappa shape index (κ2) is 7.50. The lowest BCUT2D eigenvalue weighted by molar-refractivity contribution is 0.0769. The highest BCUT2D eigenvalue weighted by atomic mass is 16.5. The number of carbonyl (C=O) groups excluding carboxylic acids is 1. The summed E-state index contributed by atoms with van der Waals surface area (Å²) in [4.78, 5) is 18.9. The van der Waals surface area contributed by atoms with Crippen molar-refractivity contribution in [2.45, 2.75) is 26.8 Å². The zero-order valence-corrected chi connectivity index (χ0v) is 16.9. The quantitative estimate of drug-likeness (QED) is 0.500. The van der Waals surface area contributed by atoms with Crippen LogP contribution in [0.3, 0.4) is 0 Å². The summed E-state index contributed by atoms with van der Waals surface area (Å²) < 4.78 is 9.06. The third-order valence-corrected chi connectivity index (χ3v) is 4.64. The van der Waals surface area contributed by atoms with Gasteiger partial charge in [0.1, 0.15) is 0 Å². The Balaban J connectivity index is 1.56. The molecule has 9 heteroatoms. The van der Waals surface area contributed by atoms with Gasteiger partial charge in [-0.1, -0.05) is 19.0 Å². The molecule has 4 aromatic rings. The summed E-state index contributed by atoms with van der Waals surface area (Å²) in [5.41, 5.74) is 2.12. The number of nitrogens with zero attached hydrogens (tertiary/aromatic N) is 7. The van der Waals surface area contributed by atoms with Crippen LogP contribution < -0.4 is 0 Å². The van der Waals surface area contributed by atoms with Crippen LogP contribution in [0.1, 0.15) is 35.9 Å². The minimum Gasteiger partial charge on any atom is -0.348 e. The van der Waals surface area contributed by atoms with Crippen molar-refractivity contribution in [1.29, 1.82) is 0 Å². The molecule has 0 fully saturated rings. The summed E-state index contributed by atoms with van der Waals surface area (Å²) in [6.07, 6.45) is 4.44. The molecule has 0 aromatic carbocycles. The zero-order valence-electron chi connectivity index (χ0n) is 16.9. The summed E-state index contributed by atoms with van der Waals surface area (Å²) >= 11 is 0. The molecule has 1 amide bonds. The Bertz CT molecular complexity index is 1150. The number of carbonyl (C=O) groups is 1. The molecule has 0 saturated heterocycles. The van der Waals surface area contributed by atoms with Crippen molar-refractivity contribution in [3.63, 3.8) is 0 Å². The topological polar surface area (TPSA) is 94.4 Å². The first-order valence-corrected chi connectivity index (χ1v) is 9.46. The molecule has 0 saturated carbocycles. The monoisotopic (exact) mass is 393 g/mol. The highest BCUT2D eigenvalue weighted by Gasteiger charge is 2.18. The van der Waals surface area contributed by atoms with Crippen molar-refractivity contribution < 1.29 is 9.32 Å². The Labute approximate surface area is 168 Å². The summed E-state index contributed by atoms with van der Waals surface area (Å²) in [6.45, 7) is 4.43. The molecular weight excluding hydrogens is 370 g/mol. The molecule has 4 rings (SSSR count). The average molecular weight is 393 g/mol. The molecule has 0 aliphatic heterocycles. The van der Waals surface area contributed by atoms with Crippen LogP contribution in [0, 0.1) is 5.92 Å². The minimum atomic E-state index is -0.151.